The predicted octanol–water partition coefficient (Wildman–Crippen LogP) is 3.40. The fraction of sp³-hybridized carbons (Fsp3) is 0.706. The summed E-state index contributed by atoms with van der Waals surface area (Å²) in [6.07, 6.45) is 6.44. The van der Waals surface area contributed by atoms with Gasteiger partial charge in [0.05, 0.1) is 6.61 Å². The molecule has 122 valence electrons. The molecule has 0 radical (unpaired) electrons. The van der Waals surface area contributed by atoms with E-state index in [0.29, 0.717) is 26.1 Å². The summed E-state index contributed by atoms with van der Waals surface area (Å²) in [5.74, 6) is -0.00114. The van der Waals surface area contributed by atoms with Crippen molar-refractivity contribution >= 4 is 5.78 Å². The number of hydrogen-bond donors (Lipinski definition) is 1. The highest BCUT2D eigenvalue weighted by Gasteiger charge is 2.17. The Kier molecular flexibility index (Phi) is 12.2. The number of ether oxygens (including phenoxy) is 2. The Morgan fingerprint density at radius 1 is 1.00 bits per heavy atom. The van der Waals surface area contributed by atoms with Crippen molar-refractivity contribution in [3.05, 3.63) is 23.3 Å². The molecule has 0 aromatic rings. The van der Waals surface area contributed by atoms with Crippen molar-refractivity contribution in [3.63, 3.8) is 0 Å². The monoisotopic (exact) mass is 298 g/mol. The second kappa shape index (κ2) is 12.7. The molecule has 0 amide bonds. The van der Waals surface area contributed by atoms with E-state index in [1.54, 1.807) is 0 Å². The van der Waals surface area contributed by atoms with Crippen LogP contribution in [0, 0.1) is 0 Å². The molecule has 0 heterocycles. The number of aliphatic hydroxyl groups is 1. The lowest BCUT2D eigenvalue weighted by Crippen LogP contribution is -2.27. The summed E-state index contributed by atoms with van der Waals surface area (Å²) in [7, 11) is 0. The van der Waals surface area contributed by atoms with E-state index in [1.165, 1.54) is 5.57 Å². The Labute approximate surface area is 128 Å². The summed E-state index contributed by atoms with van der Waals surface area (Å²) >= 11 is 0. The number of allylic oxidation sites excluding steroid dienone is 3. The number of ketones is 1. The molecule has 0 atom stereocenters. The van der Waals surface area contributed by atoms with Crippen LogP contribution in [0.25, 0.3) is 0 Å². The highest BCUT2D eigenvalue weighted by atomic mass is 16.7. The van der Waals surface area contributed by atoms with Gasteiger partial charge in [-0.2, -0.15) is 0 Å². The first-order chi connectivity index (χ1) is 10.0. The molecule has 0 unspecified atom stereocenters. The van der Waals surface area contributed by atoms with Crippen molar-refractivity contribution in [2.45, 2.75) is 59.7 Å². The molecule has 1 N–H and O–H groups in total. The SMILES string of the molecule is CCOC(OCC)C(=O)CCC=C(C)CCC=C(C)CO. The van der Waals surface area contributed by atoms with E-state index in [0.717, 1.165) is 18.4 Å². The largest absolute Gasteiger partial charge is 0.392 e. The molecule has 0 aliphatic carbocycles. The third-order valence-corrected chi connectivity index (χ3v) is 3.06. The number of rotatable bonds is 12. The minimum atomic E-state index is -0.719. The van der Waals surface area contributed by atoms with Crippen LogP contribution in [0.1, 0.15) is 53.4 Å². The molecule has 0 saturated carbocycles. The van der Waals surface area contributed by atoms with Crippen LogP contribution in [0.4, 0.5) is 0 Å². The van der Waals surface area contributed by atoms with Crippen LogP contribution in [0.5, 0.6) is 0 Å². The number of carbonyl (C=O) groups excluding carboxylic acids is 1. The molecule has 0 aromatic heterocycles. The van der Waals surface area contributed by atoms with Crippen molar-refractivity contribution in [1.82, 2.24) is 0 Å². The maximum Gasteiger partial charge on any atom is 0.217 e. The summed E-state index contributed by atoms with van der Waals surface area (Å²) in [5.41, 5.74) is 2.25. The third kappa shape index (κ3) is 10.4. The first-order valence-electron chi connectivity index (χ1n) is 7.73. The lowest BCUT2D eigenvalue weighted by molar-refractivity contribution is -0.167. The molecule has 4 nitrogen and oxygen atoms in total. The van der Waals surface area contributed by atoms with Gasteiger partial charge in [0.25, 0.3) is 0 Å². The Hall–Kier alpha value is -0.970. The van der Waals surface area contributed by atoms with Gasteiger partial charge in [-0.3, -0.25) is 4.79 Å². The van der Waals surface area contributed by atoms with E-state index in [1.807, 2.05) is 26.8 Å². The molecule has 21 heavy (non-hydrogen) atoms. The van der Waals surface area contributed by atoms with Gasteiger partial charge < -0.3 is 14.6 Å². The minimum absolute atomic E-state index is 0.00114. The van der Waals surface area contributed by atoms with Gasteiger partial charge in [0.15, 0.2) is 5.78 Å². The van der Waals surface area contributed by atoms with E-state index in [2.05, 4.69) is 13.0 Å². The molecule has 0 aliphatic heterocycles. The summed E-state index contributed by atoms with van der Waals surface area (Å²) < 4.78 is 10.6. The van der Waals surface area contributed by atoms with Crippen molar-refractivity contribution in [2.24, 2.45) is 0 Å². The number of hydrogen-bond acceptors (Lipinski definition) is 4. The van der Waals surface area contributed by atoms with Gasteiger partial charge >= 0.3 is 0 Å². The summed E-state index contributed by atoms with van der Waals surface area (Å²) in [6.45, 7) is 8.75. The molecule has 0 bridgehead atoms. The van der Waals surface area contributed by atoms with Gasteiger partial charge in [0.2, 0.25) is 6.29 Å². The summed E-state index contributed by atoms with van der Waals surface area (Å²) in [4.78, 5) is 11.9. The first-order valence-corrected chi connectivity index (χ1v) is 7.73. The van der Waals surface area contributed by atoms with Crippen molar-refractivity contribution in [2.75, 3.05) is 19.8 Å². The zero-order valence-corrected chi connectivity index (χ0v) is 13.9. The molecular weight excluding hydrogens is 268 g/mol. The Balaban J connectivity index is 4.08. The van der Waals surface area contributed by atoms with Crippen LogP contribution in [-0.4, -0.2) is 37.0 Å². The molecule has 0 aromatic carbocycles. The average molecular weight is 298 g/mol. The van der Waals surface area contributed by atoms with Gasteiger partial charge in [-0.05, 0) is 47.0 Å². The van der Waals surface area contributed by atoms with Crippen LogP contribution in [0.3, 0.4) is 0 Å². The van der Waals surface area contributed by atoms with Crippen LogP contribution in [0.2, 0.25) is 0 Å². The van der Waals surface area contributed by atoms with Crippen LogP contribution in [0.15, 0.2) is 23.3 Å². The molecule has 0 aliphatic rings. The van der Waals surface area contributed by atoms with Gasteiger partial charge in [0, 0.05) is 19.6 Å². The molecular formula is C17H30O4. The van der Waals surface area contributed by atoms with Gasteiger partial charge in [-0.1, -0.05) is 23.3 Å². The second-order valence-electron chi connectivity index (χ2n) is 5.05. The van der Waals surface area contributed by atoms with E-state index in [-0.39, 0.29) is 12.4 Å². The fourth-order valence-electron chi connectivity index (χ4n) is 1.83. The number of Topliss-reactive ketones (excluding diaryl/α,β-unsaturated/α-hetero) is 1. The minimum Gasteiger partial charge on any atom is -0.392 e. The van der Waals surface area contributed by atoms with E-state index >= 15 is 0 Å². The molecule has 0 fully saturated rings. The number of aliphatic hydroxyl groups excluding tert-OH is 1. The molecule has 4 heteroatoms. The van der Waals surface area contributed by atoms with Crippen LogP contribution < -0.4 is 0 Å². The first kappa shape index (κ1) is 20.0. The lowest BCUT2D eigenvalue weighted by atomic mass is 10.1. The van der Waals surface area contributed by atoms with Crippen LogP contribution in [-0.2, 0) is 14.3 Å². The predicted molar refractivity (Wildman–Crippen MR) is 85.1 cm³/mol. The van der Waals surface area contributed by atoms with Crippen molar-refractivity contribution in [3.8, 4) is 0 Å². The normalized spacial score (nSPS) is 13.0. The Morgan fingerprint density at radius 3 is 2.05 bits per heavy atom. The third-order valence-electron chi connectivity index (χ3n) is 3.06. The van der Waals surface area contributed by atoms with Gasteiger partial charge in [0.1, 0.15) is 0 Å². The fourth-order valence-corrected chi connectivity index (χ4v) is 1.83. The maximum atomic E-state index is 11.9. The second-order valence-corrected chi connectivity index (χ2v) is 5.05. The Bertz CT molecular complexity index is 339. The highest BCUT2D eigenvalue weighted by Crippen LogP contribution is 2.10. The zero-order valence-electron chi connectivity index (χ0n) is 13.9. The van der Waals surface area contributed by atoms with E-state index in [4.69, 9.17) is 14.6 Å². The van der Waals surface area contributed by atoms with Crippen molar-refractivity contribution < 1.29 is 19.4 Å². The van der Waals surface area contributed by atoms with Gasteiger partial charge in [-0.15, -0.1) is 0 Å². The standard InChI is InChI=1S/C17H30O4/c1-5-20-17(21-6-2)16(19)12-8-10-14(3)9-7-11-15(4)13-18/h10-11,17-18H,5-9,12-13H2,1-4H3. The summed E-state index contributed by atoms with van der Waals surface area (Å²) in [6, 6.07) is 0. The van der Waals surface area contributed by atoms with Crippen molar-refractivity contribution in [1.29, 1.82) is 0 Å². The summed E-state index contributed by atoms with van der Waals surface area (Å²) in [5, 5.41) is 8.90. The highest BCUT2D eigenvalue weighted by molar-refractivity contribution is 5.81. The topological polar surface area (TPSA) is 55.8 Å². The lowest BCUT2D eigenvalue weighted by Gasteiger charge is -2.15. The average Bonchev–Trinajstić information content (AvgIpc) is 2.46. The molecule has 0 saturated heterocycles. The van der Waals surface area contributed by atoms with E-state index < -0.39 is 6.29 Å². The maximum absolute atomic E-state index is 11.9. The van der Waals surface area contributed by atoms with Crippen LogP contribution >= 0.6 is 0 Å². The molecule has 0 spiro atoms. The quantitative estimate of drug-likeness (QED) is 0.443. The smallest absolute Gasteiger partial charge is 0.217 e. The van der Waals surface area contributed by atoms with Gasteiger partial charge in [-0.25, -0.2) is 0 Å². The number of carbonyl (C=O) groups is 1. The molecule has 0 rings (SSSR count). The Morgan fingerprint density at radius 2 is 1.52 bits per heavy atom. The zero-order chi connectivity index (χ0) is 16.1. The van der Waals surface area contributed by atoms with E-state index in [9.17, 15) is 4.79 Å².